The van der Waals surface area contributed by atoms with Gasteiger partial charge in [-0.1, -0.05) is 61.9 Å². The molecule has 1 aliphatic heterocycles. The van der Waals surface area contributed by atoms with E-state index in [4.69, 9.17) is 4.74 Å². The number of amides is 2. The van der Waals surface area contributed by atoms with Gasteiger partial charge in [-0.25, -0.2) is 9.59 Å². The number of benzene rings is 2. The largest absolute Gasteiger partial charge is 0.479 e. The van der Waals surface area contributed by atoms with Gasteiger partial charge in [0, 0.05) is 12.5 Å². The Hall–Kier alpha value is -3.39. The molecule has 1 heterocycles. The van der Waals surface area contributed by atoms with Crippen LogP contribution in [0.2, 0.25) is 0 Å². The third-order valence-electron chi connectivity index (χ3n) is 6.69. The van der Waals surface area contributed by atoms with Crippen molar-refractivity contribution in [3.05, 3.63) is 59.7 Å². The Morgan fingerprint density at radius 3 is 2.32 bits per heavy atom. The number of aliphatic carboxylic acids is 1. The molecule has 2 aromatic carbocycles. The van der Waals surface area contributed by atoms with Gasteiger partial charge in [0.1, 0.15) is 12.6 Å². The Morgan fingerprint density at radius 2 is 1.74 bits per heavy atom. The van der Waals surface area contributed by atoms with Crippen molar-refractivity contribution in [2.75, 3.05) is 19.7 Å². The monoisotopic (exact) mass is 466 g/mol. The van der Waals surface area contributed by atoms with Gasteiger partial charge in [-0.05, 0) is 41.5 Å². The average molecular weight is 467 g/mol. The molecular weight excluding hydrogens is 436 g/mol. The minimum atomic E-state index is -1.96. The number of rotatable bonds is 7. The first-order valence-electron chi connectivity index (χ1n) is 11.7. The lowest BCUT2D eigenvalue weighted by Gasteiger charge is -2.37. The zero-order chi connectivity index (χ0) is 24.3. The van der Waals surface area contributed by atoms with Crippen LogP contribution in [0.15, 0.2) is 48.5 Å². The predicted molar refractivity (Wildman–Crippen MR) is 125 cm³/mol. The van der Waals surface area contributed by atoms with Crippen molar-refractivity contribution >= 4 is 18.0 Å². The Kier molecular flexibility index (Phi) is 6.88. The van der Waals surface area contributed by atoms with Crippen molar-refractivity contribution < 1.29 is 29.3 Å². The minimum absolute atomic E-state index is 0.0877. The smallest absolute Gasteiger partial charge is 0.407 e. The molecule has 0 aromatic heterocycles. The fraction of sp³-hybridized carbons (Fsp3) is 0.423. The fourth-order valence-corrected chi connectivity index (χ4v) is 4.95. The normalized spacial score (nSPS) is 20.2. The maximum Gasteiger partial charge on any atom is 0.407 e. The molecule has 4 rings (SSSR count). The summed E-state index contributed by atoms with van der Waals surface area (Å²) in [4.78, 5) is 38.5. The highest BCUT2D eigenvalue weighted by molar-refractivity contribution is 5.87. The number of alkyl carbamates (subject to hydrolysis) is 1. The molecular formula is C26H30N2O6. The molecule has 1 aliphatic carbocycles. The van der Waals surface area contributed by atoms with Crippen LogP contribution in [0.4, 0.5) is 4.79 Å². The van der Waals surface area contributed by atoms with E-state index in [9.17, 15) is 24.6 Å². The summed E-state index contributed by atoms with van der Waals surface area (Å²) in [6.45, 7) is 2.06. The van der Waals surface area contributed by atoms with E-state index < -0.39 is 29.6 Å². The second-order valence-electron chi connectivity index (χ2n) is 9.01. The number of carbonyl (C=O) groups excluding carboxylic acids is 2. The number of hydrogen-bond donors (Lipinski definition) is 3. The Balaban J connectivity index is 1.41. The average Bonchev–Trinajstić information content (AvgIpc) is 3.16. The zero-order valence-electron chi connectivity index (χ0n) is 19.2. The van der Waals surface area contributed by atoms with Gasteiger partial charge in [0.2, 0.25) is 5.91 Å². The van der Waals surface area contributed by atoms with Crippen LogP contribution in [0.5, 0.6) is 0 Å². The maximum absolute atomic E-state index is 13.1. The number of hydrogen-bond acceptors (Lipinski definition) is 5. The highest BCUT2D eigenvalue weighted by Crippen LogP contribution is 2.44. The first-order chi connectivity index (χ1) is 16.3. The number of nitrogens with one attached hydrogen (secondary N) is 1. The van der Waals surface area contributed by atoms with E-state index in [1.165, 1.54) is 4.90 Å². The molecule has 2 aliphatic rings. The van der Waals surface area contributed by atoms with Crippen molar-refractivity contribution in [1.29, 1.82) is 0 Å². The molecule has 0 bridgehead atoms. The van der Waals surface area contributed by atoms with E-state index in [2.05, 4.69) is 17.4 Å². The van der Waals surface area contributed by atoms with Gasteiger partial charge in [-0.2, -0.15) is 0 Å². The maximum atomic E-state index is 13.1. The van der Waals surface area contributed by atoms with Gasteiger partial charge < -0.3 is 25.2 Å². The summed E-state index contributed by atoms with van der Waals surface area (Å²) >= 11 is 0. The molecule has 0 radical (unpaired) electrons. The highest BCUT2D eigenvalue weighted by atomic mass is 16.5. The summed E-state index contributed by atoms with van der Waals surface area (Å²) in [5, 5.41) is 22.3. The quantitative estimate of drug-likeness (QED) is 0.577. The van der Waals surface area contributed by atoms with E-state index in [1.807, 2.05) is 43.3 Å². The van der Waals surface area contributed by atoms with Crippen LogP contribution in [0.1, 0.15) is 49.7 Å². The molecule has 1 saturated heterocycles. The molecule has 180 valence electrons. The SMILES string of the molecule is CCCC(NC(=O)OCC1c2ccccc2-c2ccccc21)C(=O)N1CCCC(O)(C(=O)O)C1. The van der Waals surface area contributed by atoms with E-state index >= 15 is 0 Å². The summed E-state index contributed by atoms with van der Waals surface area (Å²) in [5.74, 6) is -1.84. The van der Waals surface area contributed by atoms with Crippen LogP contribution >= 0.6 is 0 Å². The summed E-state index contributed by atoms with van der Waals surface area (Å²) in [7, 11) is 0. The molecule has 8 heteroatoms. The molecule has 0 spiro atoms. The number of fused-ring (bicyclic) bond motifs is 3. The number of piperidine rings is 1. The van der Waals surface area contributed by atoms with Gasteiger partial charge >= 0.3 is 12.1 Å². The third kappa shape index (κ3) is 4.63. The number of carboxylic acids is 1. The molecule has 2 amide bonds. The van der Waals surface area contributed by atoms with Crippen molar-refractivity contribution in [1.82, 2.24) is 10.2 Å². The van der Waals surface area contributed by atoms with Crippen LogP contribution in [0.3, 0.4) is 0 Å². The topological polar surface area (TPSA) is 116 Å². The van der Waals surface area contributed by atoms with E-state index in [0.717, 1.165) is 22.3 Å². The van der Waals surface area contributed by atoms with Crippen molar-refractivity contribution in [2.45, 2.75) is 50.2 Å². The number of carbonyl (C=O) groups is 3. The third-order valence-corrected chi connectivity index (χ3v) is 6.69. The molecule has 2 aromatic rings. The summed E-state index contributed by atoms with van der Waals surface area (Å²) in [5.41, 5.74) is 2.48. The number of β-amino-alcohol motifs (C(OH)–C–C–N with tert-alkyl or cyclic N) is 1. The summed E-state index contributed by atoms with van der Waals surface area (Å²) in [6, 6.07) is 15.2. The van der Waals surface area contributed by atoms with Crippen LogP contribution in [-0.2, 0) is 14.3 Å². The van der Waals surface area contributed by atoms with Gasteiger partial charge in [0.15, 0.2) is 5.60 Å². The van der Waals surface area contributed by atoms with Gasteiger partial charge in [0.05, 0.1) is 6.54 Å². The number of carboxylic acid groups (broad SMARTS) is 1. The Labute approximate surface area is 198 Å². The molecule has 8 nitrogen and oxygen atoms in total. The molecule has 1 fully saturated rings. The number of nitrogens with zero attached hydrogens (tertiary/aromatic N) is 1. The standard InChI is InChI=1S/C26H30N2O6/c1-2-8-22(23(29)28-14-7-13-26(33,16-28)24(30)31)27-25(32)34-15-21-19-11-5-3-9-17(19)18-10-4-6-12-20(18)21/h3-6,9-12,21-22,33H,2,7-8,13-16H2,1H3,(H,27,32)(H,30,31). The molecule has 2 atom stereocenters. The lowest BCUT2D eigenvalue weighted by molar-refractivity contribution is -0.167. The zero-order valence-corrected chi connectivity index (χ0v) is 19.2. The number of aliphatic hydroxyl groups is 1. The summed E-state index contributed by atoms with van der Waals surface area (Å²) < 4.78 is 5.57. The van der Waals surface area contributed by atoms with Crippen molar-refractivity contribution in [3.63, 3.8) is 0 Å². The first-order valence-corrected chi connectivity index (χ1v) is 11.7. The second-order valence-corrected chi connectivity index (χ2v) is 9.01. The summed E-state index contributed by atoms with van der Waals surface area (Å²) in [6.07, 6.45) is 0.782. The molecule has 34 heavy (non-hydrogen) atoms. The van der Waals surface area contributed by atoms with Crippen LogP contribution in [0, 0.1) is 0 Å². The molecule has 0 saturated carbocycles. The van der Waals surface area contributed by atoms with E-state index in [1.54, 1.807) is 0 Å². The van der Waals surface area contributed by atoms with Crippen molar-refractivity contribution in [2.24, 2.45) is 0 Å². The van der Waals surface area contributed by atoms with Crippen molar-refractivity contribution in [3.8, 4) is 11.1 Å². The molecule has 2 unspecified atom stereocenters. The Morgan fingerprint density at radius 1 is 1.12 bits per heavy atom. The van der Waals surface area contributed by atoms with E-state index in [-0.39, 0.29) is 25.5 Å². The fourth-order valence-electron chi connectivity index (χ4n) is 4.95. The predicted octanol–water partition coefficient (Wildman–Crippen LogP) is 3.13. The lowest BCUT2D eigenvalue weighted by atomic mass is 9.92. The van der Waals surface area contributed by atoms with Gasteiger partial charge in [0.25, 0.3) is 0 Å². The van der Waals surface area contributed by atoms with Crippen LogP contribution < -0.4 is 5.32 Å². The lowest BCUT2D eigenvalue weighted by Crippen LogP contribution is -2.58. The highest BCUT2D eigenvalue weighted by Gasteiger charge is 2.43. The number of likely N-dealkylation sites (tertiary alicyclic amines) is 1. The van der Waals surface area contributed by atoms with E-state index in [0.29, 0.717) is 25.8 Å². The number of ether oxygens (including phenoxy) is 1. The Bertz CT molecular complexity index is 1040. The minimum Gasteiger partial charge on any atom is -0.479 e. The van der Waals surface area contributed by atoms with Crippen LogP contribution in [0.25, 0.3) is 11.1 Å². The van der Waals surface area contributed by atoms with Crippen LogP contribution in [-0.4, -0.2) is 64.4 Å². The molecule has 3 N–H and O–H groups in total. The first kappa shape index (κ1) is 23.8. The second kappa shape index (κ2) is 9.85. The van der Waals surface area contributed by atoms with Gasteiger partial charge in [-0.15, -0.1) is 0 Å². The van der Waals surface area contributed by atoms with Gasteiger partial charge in [-0.3, -0.25) is 4.79 Å².